The van der Waals surface area contributed by atoms with Gasteiger partial charge in [-0.1, -0.05) is 48.9 Å². The molecule has 1 heterocycles. The van der Waals surface area contributed by atoms with E-state index in [1.165, 1.54) is 10.9 Å². The molecule has 0 amide bonds. The first-order chi connectivity index (χ1) is 10.2. The SMILES string of the molecule is CCC(CO)Nc1cnn(Cc2ccccc2)c(=O)c1Cl. The molecule has 0 saturated carbocycles. The zero-order valence-electron chi connectivity index (χ0n) is 11.8. The molecule has 0 aliphatic carbocycles. The van der Waals surface area contributed by atoms with Crippen molar-refractivity contribution in [2.24, 2.45) is 0 Å². The molecule has 0 aliphatic heterocycles. The number of anilines is 1. The van der Waals surface area contributed by atoms with Gasteiger partial charge in [0.2, 0.25) is 0 Å². The Morgan fingerprint density at radius 3 is 2.71 bits per heavy atom. The van der Waals surface area contributed by atoms with E-state index in [4.69, 9.17) is 11.6 Å². The zero-order chi connectivity index (χ0) is 15.2. The maximum absolute atomic E-state index is 12.2. The number of hydrogen-bond acceptors (Lipinski definition) is 4. The Bertz CT molecular complexity index is 639. The van der Waals surface area contributed by atoms with Crippen molar-refractivity contribution in [3.63, 3.8) is 0 Å². The minimum absolute atomic E-state index is 0.0278. The van der Waals surface area contributed by atoms with Gasteiger partial charge in [0.25, 0.3) is 5.56 Å². The van der Waals surface area contributed by atoms with Crippen molar-refractivity contribution in [3.8, 4) is 0 Å². The Hall–Kier alpha value is -1.85. The molecule has 112 valence electrons. The molecule has 1 aromatic heterocycles. The van der Waals surface area contributed by atoms with E-state index in [-0.39, 0.29) is 23.2 Å². The van der Waals surface area contributed by atoms with E-state index in [1.54, 1.807) is 0 Å². The van der Waals surface area contributed by atoms with Gasteiger partial charge in [0.05, 0.1) is 25.0 Å². The molecule has 2 aromatic rings. The van der Waals surface area contributed by atoms with Crippen molar-refractivity contribution in [2.75, 3.05) is 11.9 Å². The van der Waals surface area contributed by atoms with Gasteiger partial charge in [0, 0.05) is 6.04 Å². The highest BCUT2D eigenvalue weighted by atomic mass is 35.5. The Balaban J connectivity index is 2.23. The molecule has 2 rings (SSSR count). The Kier molecular flexibility index (Phi) is 5.36. The van der Waals surface area contributed by atoms with Crippen LogP contribution in [0, 0.1) is 0 Å². The maximum atomic E-state index is 12.2. The van der Waals surface area contributed by atoms with Gasteiger partial charge in [-0.15, -0.1) is 0 Å². The van der Waals surface area contributed by atoms with Gasteiger partial charge in [-0.3, -0.25) is 4.79 Å². The lowest BCUT2D eigenvalue weighted by molar-refractivity contribution is 0.272. The molecule has 0 radical (unpaired) electrons. The van der Waals surface area contributed by atoms with Gasteiger partial charge in [-0.25, -0.2) is 4.68 Å². The standard InChI is InChI=1S/C15H18ClN3O2/c1-2-12(10-20)18-13-8-17-19(15(21)14(13)16)9-11-6-4-3-5-7-11/h3-8,12,18,20H,2,9-10H2,1H3. The third-order valence-electron chi connectivity index (χ3n) is 3.23. The number of aliphatic hydroxyl groups excluding tert-OH is 1. The summed E-state index contributed by atoms with van der Waals surface area (Å²) < 4.78 is 1.32. The van der Waals surface area contributed by atoms with E-state index < -0.39 is 0 Å². The van der Waals surface area contributed by atoms with Crippen LogP contribution in [-0.2, 0) is 6.54 Å². The van der Waals surface area contributed by atoms with E-state index in [0.29, 0.717) is 12.2 Å². The minimum Gasteiger partial charge on any atom is -0.394 e. The quantitative estimate of drug-likeness (QED) is 0.858. The molecule has 0 aliphatic rings. The van der Waals surface area contributed by atoms with Crippen LogP contribution in [0.25, 0.3) is 0 Å². The summed E-state index contributed by atoms with van der Waals surface area (Å²) in [5.74, 6) is 0. The van der Waals surface area contributed by atoms with Gasteiger partial charge in [0.1, 0.15) is 5.02 Å². The van der Waals surface area contributed by atoms with Crippen LogP contribution in [0.4, 0.5) is 5.69 Å². The molecule has 0 bridgehead atoms. The third kappa shape index (κ3) is 3.83. The highest BCUT2D eigenvalue weighted by Gasteiger charge is 2.12. The summed E-state index contributed by atoms with van der Waals surface area (Å²) in [7, 11) is 0. The molecule has 6 heteroatoms. The second-order valence-corrected chi connectivity index (χ2v) is 5.13. The summed E-state index contributed by atoms with van der Waals surface area (Å²) in [4.78, 5) is 12.2. The number of nitrogens with one attached hydrogen (secondary N) is 1. The van der Waals surface area contributed by atoms with Gasteiger partial charge < -0.3 is 10.4 Å². The van der Waals surface area contributed by atoms with E-state index >= 15 is 0 Å². The fourth-order valence-electron chi connectivity index (χ4n) is 1.93. The van der Waals surface area contributed by atoms with Crippen LogP contribution in [0.3, 0.4) is 0 Å². The molecule has 1 unspecified atom stereocenters. The second kappa shape index (κ2) is 7.24. The monoisotopic (exact) mass is 307 g/mol. The van der Waals surface area contributed by atoms with Crippen LogP contribution >= 0.6 is 11.6 Å². The van der Waals surface area contributed by atoms with Gasteiger partial charge in [-0.05, 0) is 12.0 Å². The number of rotatable bonds is 6. The summed E-state index contributed by atoms with van der Waals surface area (Å²) in [6.07, 6.45) is 2.24. The van der Waals surface area contributed by atoms with E-state index in [9.17, 15) is 9.90 Å². The Morgan fingerprint density at radius 1 is 1.38 bits per heavy atom. The highest BCUT2D eigenvalue weighted by molar-refractivity contribution is 6.32. The first kappa shape index (κ1) is 15.5. The van der Waals surface area contributed by atoms with Gasteiger partial charge in [0.15, 0.2) is 0 Å². The fraction of sp³-hybridized carbons (Fsp3) is 0.333. The summed E-state index contributed by atoms with van der Waals surface area (Å²) >= 11 is 6.11. The predicted octanol–water partition coefficient (Wildman–Crippen LogP) is 2.13. The van der Waals surface area contributed by atoms with E-state index in [0.717, 1.165) is 12.0 Å². The van der Waals surface area contributed by atoms with E-state index in [1.807, 2.05) is 37.3 Å². The molecule has 5 nitrogen and oxygen atoms in total. The van der Waals surface area contributed by atoms with Crippen LogP contribution < -0.4 is 10.9 Å². The fourth-order valence-corrected chi connectivity index (χ4v) is 2.13. The number of hydrogen-bond donors (Lipinski definition) is 2. The lowest BCUT2D eigenvalue weighted by Crippen LogP contribution is -2.28. The van der Waals surface area contributed by atoms with Crippen molar-refractivity contribution in [1.29, 1.82) is 0 Å². The summed E-state index contributed by atoms with van der Waals surface area (Å²) in [6.45, 7) is 2.28. The summed E-state index contributed by atoms with van der Waals surface area (Å²) in [6, 6.07) is 9.43. The largest absolute Gasteiger partial charge is 0.394 e. The summed E-state index contributed by atoms with van der Waals surface area (Å²) in [5, 5.41) is 16.4. The Morgan fingerprint density at radius 2 is 2.10 bits per heavy atom. The van der Waals surface area contributed by atoms with Crippen molar-refractivity contribution >= 4 is 17.3 Å². The van der Waals surface area contributed by atoms with Crippen molar-refractivity contribution < 1.29 is 5.11 Å². The molecular formula is C15H18ClN3O2. The average Bonchev–Trinajstić information content (AvgIpc) is 2.52. The maximum Gasteiger partial charge on any atom is 0.287 e. The lowest BCUT2D eigenvalue weighted by atomic mass is 10.2. The first-order valence-electron chi connectivity index (χ1n) is 6.82. The Labute approximate surface area is 128 Å². The van der Waals surface area contributed by atoms with Gasteiger partial charge >= 0.3 is 0 Å². The molecule has 0 spiro atoms. The number of halogens is 1. The minimum atomic E-state index is -0.349. The van der Waals surface area contributed by atoms with Crippen molar-refractivity contribution in [1.82, 2.24) is 9.78 Å². The van der Waals surface area contributed by atoms with Crippen molar-refractivity contribution in [2.45, 2.75) is 25.9 Å². The molecule has 2 N–H and O–H groups in total. The van der Waals surface area contributed by atoms with Crippen molar-refractivity contribution in [3.05, 3.63) is 57.5 Å². The average molecular weight is 308 g/mol. The summed E-state index contributed by atoms with van der Waals surface area (Å²) in [5.41, 5.74) is 1.08. The van der Waals surface area contributed by atoms with Crippen LogP contribution in [0.5, 0.6) is 0 Å². The molecule has 0 saturated heterocycles. The number of benzene rings is 1. The second-order valence-electron chi connectivity index (χ2n) is 4.75. The van der Waals surface area contributed by atoms with Crippen LogP contribution in [0.1, 0.15) is 18.9 Å². The van der Waals surface area contributed by atoms with Gasteiger partial charge in [-0.2, -0.15) is 5.10 Å². The molecule has 1 atom stereocenters. The van der Waals surface area contributed by atoms with Crippen LogP contribution in [0.2, 0.25) is 5.02 Å². The number of aliphatic hydroxyl groups is 1. The number of aromatic nitrogens is 2. The first-order valence-corrected chi connectivity index (χ1v) is 7.20. The smallest absolute Gasteiger partial charge is 0.287 e. The highest BCUT2D eigenvalue weighted by Crippen LogP contribution is 2.17. The van der Waals surface area contributed by atoms with E-state index in [2.05, 4.69) is 10.4 Å². The predicted molar refractivity (Wildman–Crippen MR) is 83.8 cm³/mol. The number of nitrogens with zero attached hydrogens (tertiary/aromatic N) is 2. The molecule has 1 aromatic carbocycles. The molecule has 0 fully saturated rings. The topological polar surface area (TPSA) is 67.2 Å². The van der Waals surface area contributed by atoms with Crippen LogP contribution in [0.15, 0.2) is 41.3 Å². The normalized spacial score (nSPS) is 12.1. The third-order valence-corrected chi connectivity index (χ3v) is 3.60. The van der Waals surface area contributed by atoms with Crippen LogP contribution in [-0.4, -0.2) is 27.5 Å². The zero-order valence-corrected chi connectivity index (χ0v) is 12.5. The lowest BCUT2D eigenvalue weighted by Gasteiger charge is -2.16. The molecule has 21 heavy (non-hydrogen) atoms. The molecular weight excluding hydrogens is 290 g/mol.